The number of nitrogens with one attached hydrogen (secondary N) is 1. The Kier molecular flexibility index (Phi) is 5.32. The summed E-state index contributed by atoms with van der Waals surface area (Å²) in [4.78, 5) is 12.4. The lowest BCUT2D eigenvalue weighted by Gasteiger charge is -2.10. The Morgan fingerprint density at radius 1 is 1.25 bits per heavy atom. The molecule has 2 aromatic heterocycles. The summed E-state index contributed by atoms with van der Waals surface area (Å²) in [6.07, 6.45) is 1.57. The molecule has 1 amide bonds. The highest BCUT2D eigenvalue weighted by molar-refractivity contribution is 6.09. The fourth-order valence-corrected chi connectivity index (χ4v) is 2.98. The second kappa shape index (κ2) is 7.84. The van der Waals surface area contributed by atoms with Crippen molar-refractivity contribution in [3.8, 4) is 17.5 Å². The van der Waals surface area contributed by atoms with Crippen LogP contribution in [0.25, 0.3) is 11.8 Å². The second-order valence-electron chi connectivity index (χ2n) is 6.31. The van der Waals surface area contributed by atoms with E-state index in [4.69, 9.17) is 9.26 Å². The molecule has 3 rings (SSSR count). The van der Waals surface area contributed by atoms with Crippen LogP contribution in [0.15, 0.2) is 46.5 Å². The minimum Gasteiger partial charge on any atom is -0.497 e. The van der Waals surface area contributed by atoms with Gasteiger partial charge in [0.2, 0.25) is 0 Å². The van der Waals surface area contributed by atoms with E-state index in [2.05, 4.69) is 15.0 Å². The first-order valence-corrected chi connectivity index (χ1v) is 8.62. The second-order valence-corrected chi connectivity index (χ2v) is 6.31. The molecule has 0 radical (unpaired) electrons. The van der Waals surface area contributed by atoms with Gasteiger partial charge in [0, 0.05) is 23.1 Å². The van der Waals surface area contributed by atoms with Crippen LogP contribution >= 0.6 is 0 Å². The quantitative estimate of drug-likeness (QED) is 0.538. The largest absolute Gasteiger partial charge is 0.497 e. The number of carbonyl (C=O) groups excluding carboxylic acids is 1. The van der Waals surface area contributed by atoms with Gasteiger partial charge in [0.25, 0.3) is 5.91 Å². The number of aryl methyl sites for hydroxylation is 2. The normalized spacial score (nSPS) is 11.2. The molecule has 0 atom stereocenters. The number of nitriles is 1. The van der Waals surface area contributed by atoms with E-state index in [1.54, 1.807) is 26.2 Å². The van der Waals surface area contributed by atoms with Crippen LogP contribution in [0.2, 0.25) is 0 Å². The summed E-state index contributed by atoms with van der Waals surface area (Å²) in [6, 6.07) is 13.2. The van der Waals surface area contributed by atoms with Crippen LogP contribution in [0.4, 0.5) is 5.82 Å². The van der Waals surface area contributed by atoms with Crippen LogP contribution in [0.3, 0.4) is 0 Å². The van der Waals surface area contributed by atoms with E-state index < -0.39 is 5.91 Å². The maximum Gasteiger partial charge on any atom is 0.267 e. The Bertz CT molecular complexity index is 1080. The van der Waals surface area contributed by atoms with Crippen LogP contribution in [-0.4, -0.2) is 22.7 Å². The van der Waals surface area contributed by atoms with Gasteiger partial charge in [-0.15, -0.1) is 0 Å². The number of hydrogen-bond donors (Lipinski definition) is 1. The number of hydrogen-bond acceptors (Lipinski definition) is 5. The Morgan fingerprint density at radius 2 is 1.96 bits per heavy atom. The molecule has 1 N–H and O–H groups in total. The summed E-state index contributed by atoms with van der Waals surface area (Å²) >= 11 is 0. The first-order chi connectivity index (χ1) is 13.4. The zero-order chi connectivity index (χ0) is 20.3. The zero-order valence-corrected chi connectivity index (χ0v) is 16.1. The molecule has 0 unspecified atom stereocenters. The fraction of sp³-hybridized carbons (Fsp3) is 0.190. The topological polar surface area (TPSA) is 93.1 Å². The minimum absolute atomic E-state index is 0.0179. The molecule has 3 aromatic rings. The number of carbonyl (C=O) groups is 1. The third kappa shape index (κ3) is 3.81. The maximum absolute atomic E-state index is 12.4. The van der Waals surface area contributed by atoms with E-state index in [1.807, 2.05) is 50.2 Å². The molecule has 7 heteroatoms. The van der Waals surface area contributed by atoms with Crippen molar-refractivity contribution in [3.05, 3.63) is 64.7 Å². The van der Waals surface area contributed by atoms with E-state index in [1.165, 1.54) is 0 Å². The van der Waals surface area contributed by atoms with Gasteiger partial charge in [-0.25, -0.2) is 0 Å². The lowest BCUT2D eigenvalue weighted by molar-refractivity contribution is -0.112. The van der Waals surface area contributed by atoms with Gasteiger partial charge < -0.3 is 19.1 Å². The fourth-order valence-electron chi connectivity index (χ4n) is 2.98. The summed E-state index contributed by atoms with van der Waals surface area (Å²) in [5.74, 6) is 1.08. The average molecular weight is 376 g/mol. The summed E-state index contributed by atoms with van der Waals surface area (Å²) < 4.78 is 12.2. The van der Waals surface area contributed by atoms with Crippen LogP contribution in [0, 0.1) is 32.1 Å². The predicted molar refractivity (Wildman–Crippen MR) is 105 cm³/mol. The predicted octanol–water partition coefficient (Wildman–Crippen LogP) is 3.94. The van der Waals surface area contributed by atoms with Crippen molar-refractivity contribution in [1.29, 1.82) is 5.26 Å². The van der Waals surface area contributed by atoms with Crippen LogP contribution in [-0.2, 0) is 4.79 Å². The highest BCUT2D eigenvalue weighted by Crippen LogP contribution is 2.24. The monoisotopic (exact) mass is 376 g/mol. The molecular formula is C21H20N4O3. The van der Waals surface area contributed by atoms with Gasteiger partial charge in [0.15, 0.2) is 5.82 Å². The Labute approximate surface area is 162 Å². The van der Waals surface area contributed by atoms with E-state index in [9.17, 15) is 10.1 Å². The number of anilines is 1. The molecule has 1 aromatic carbocycles. The highest BCUT2D eigenvalue weighted by atomic mass is 16.5. The van der Waals surface area contributed by atoms with Gasteiger partial charge in [-0.3, -0.25) is 4.79 Å². The van der Waals surface area contributed by atoms with E-state index in [0.29, 0.717) is 5.76 Å². The van der Waals surface area contributed by atoms with Gasteiger partial charge in [-0.1, -0.05) is 5.16 Å². The minimum atomic E-state index is -0.537. The molecule has 0 spiro atoms. The summed E-state index contributed by atoms with van der Waals surface area (Å²) in [6.45, 7) is 5.63. The molecule has 0 bridgehead atoms. The van der Waals surface area contributed by atoms with Crippen molar-refractivity contribution in [1.82, 2.24) is 9.72 Å². The smallest absolute Gasteiger partial charge is 0.267 e. The molecule has 0 aliphatic rings. The standard InChI is InChI=1S/C21H20N4O3/c1-13-9-16(15(3)25(13)18-5-7-19(27-4)8-6-18)11-17(12-22)21(26)23-20-10-14(2)28-24-20/h5-11H,1-4H3,(H,23,24,26). The number of amides is 1. The molecule has 7 nitrogen and oxygen atoms in total. The number of nitrogens with zero attached hydrogens (tertiary/aromatic N) is 3. The van der Waals surface area contributed by atoms with Crippen LogP contribution in [0.1, 0.15) is 22.7 Å². The number of ether oxygens (including phenoxy) is 1. The van der Waals surface area contributed by atoms with Crippen molar-refractivity contribution >= 4 is 17.8 Å². The van der Waals surface area contributed by atoms with Gasteiger partial charge >= 0.3 is 0 Å². The number of aromatic nitrogens is 2. The summed E-state index contributed by atoms with van der Waals surface area (Å²) in [7, 11) is 1.62. The third-order valence-corrected chi connectivity index (χ3v) is 4.34. The van der Waals surface area contributed by atoms with Gasteiger partial charge in [-0.05, 0) is 62.7 Å². The Hall–Kier alpha value is -3.79. The average Bonchev–Trinajstić information content (AvgIpc) is 3.21. The molecule has 0 aliphatic heterocycles. The van der Waals surface area contributed by atoms with E-state index in [-0.39, 0.29) is 11.4 Å². The Morgan fingerprint density at radius 3 is 2.54 bits per heavy atom. The number of methoxy groups -OCH3 is 1. The SMILES string of the molecule is COc1ccc(-n2c(C)cc(C=C(C#N)C(=O)Nc3cc(C)on3)c2C)cc1. The Balaban J connectivity index is 1.91. The molecule has 142 valence electrons. The van der Waals surface area contributed by atoms with Crippen LogP contribution < -0.4 is 10.1 Å². The van der Waals surface area contributed by atoms with E-state index >= 15 is 0 Å². The van der Waals surface area contributed by atoms with Gasteiger partial charge in [0.1, 0.15) is 23.2 Å². The maximum atomic E-state index is 12.4. The highest BCUT2D eigenvalue weighted by Gasteiger charge is 2.15. The molecule has 0 aliphatic carbocycles. The molecule has 28 heavy (non-hydrogen) atoms. The molecule has 0 saturated carbocycles. The lowest BCUT2D eigenvalue weighted by atomic mass is 10.1. The summed E-state index contributed by atoms with van der Waals surface area (Å²) in [5, 5.41) is 15.7. The molecular weight excluding hydrogens is 356 g/mol. The number of rotatable bonds is 5. The molecule has 0 saturated heterocycles. The first kappa shape index (κ1) is 19.0. The summed E-state index contributed by atoms with van der Waals surface area (Å²) in [5.41, 5.74) is 3.64. The van der Waals surface area contributed by atoms with Crippen molar-refractivity contribution in [2.45, 2.75) is 20.8 Å². The number of benzene rings is 1. The van der Waals surface area contributed by atoms with Crippen molar-refractivity contribution in [3.63, 3.8) is 0 Å². The molecule has 0 fully saturated rings. The zero-order valence-electron chi connectivity index (χ0n) is 16.1. The van der Waals surface area contributed by atoms with Crippen LogP contribution in [0.5, 0.6) is 5.75 Å². The van der Waals surface area contributed by atoms with Gasteiger partial charge in [-0.2, -0.15) is 5.26 Å². The van der Waals surface area contributed by atoms with Crippen molar-refractivity contribution < 1.29 is 14.1 Å². The van der Waals surface area contributed by atoms with Crippen molar-refractivity contribution in [2.24, 2.45) is 0 Å². The molecule has 2 heterocycles. The first-order valence-electron chi connectivity index (χ1n) is 8.62. The lowest BCUT2D eigenvalue weighted by Crippen LogP contribution is -2.13. The third-order valence-electron chi connectivity index (χ3n) is 4.34. The van der Waals surface area contributed by atoms with Crippen molar-refractivity contribution in [2.75, 3.05) is 12.4 Å². The van der Waals surface area contributed by atoms with Gasteiger partial charge in [0.05, 0.1) is 7.11 Å². The van der Waals surface area contributed by atoms with E-state index in [0.717, 1.165) is 28.4 Å².